The summed E-state index contributed by atoms with van der Waals surface area (Å²) in [5, 5.41) is 3.10. The molecule has 2 heterocycles. The number of nitrogens with zero attached hydrogens (tertiary/aromatic N) is 2. The summed E-state index contributed by atoms with van der Waals surface area (Å²) in [6, 6.07) is 7.55. The van der Waals surface area contributed by atoms with E-state index in [0.29, 0.717) is 30.9 Å². The Hall–Kier alpha value is -3.02. The first-order valence-electron chi connectivity index (χ1n) is 8.50. The van der Waals surface area contributed by atoms with E-state index in [4.69, 9.17) is 9.47 Å². The van der Waals surface area contributed by atoms with Crippen LogP contribution in [0.4, 0.5) is 5.82 Å². The lowest BCUT2D eigenvalue weighted by molar-refractivity contribution is 0.0734. The number of hydrogen-bond donors (Lipinski definition) is 1. The molecule has 0 atom stereocenters. The lowest BCUT2D eigenvalue weighted by atomic mass is 9.98. The van der Waals surface area contributed by atoms with Crippen molar-refractivity contribution >= 4 is 11.7 Å². The number of carbonyl (C=O) groups is 1. The summed E-state index contributed by atoms with van der Waals surface area (Å²) in [5.41, 5.74) is 2.85. The van der Waals surface area contributed by atoms with Gasteiger partial charge >= 0.3 is 0 Å². The van der Waals surface area contributed by atoms with Crippen LogP contribution in [0.3, 0.4) is 0 Å². The average Bonchev–Trinajstić information content (AvgIpc) is 2.70. The SMILES string of the molecule is C=CCNc1ccc(C(=O)N2CCc3cc(OC)c(OC)cc3C2)cn1. The van der Waals surface area contributed by atoms with Crippen LogP contribution in [0, 0.1) is 0 Å². The van der Waals surface area contributed by atoms with Crippen LogP contribution in [0.2, 0.25) is 0 Å². The second-order valence-corrected chi connectivity index (χ2v) is 6.05. The zero-order valence-electron chi connectivity index (χ0n) is 15.1. The fourth-order valence-corrected chi connectivity index (χ4v) is 3.04. The van der Waals surface area contributed by atoms with E-state index < -0.39 is 0 Å². The molecule has 2 aromatic rings. The molecule has 6 nitrogen and oxygen atoms in total. The Morgan fingerprint density at radius 3 is 2.62 bits per heavy atom. The van der Waals surface area contributed by atoms with Gasteiger partial charge in [0.25, 0.3) is 5.91 Å². The van der Waals surface area contributed by atoms with Gasteiger partial charge in [0.1, 0.15) is 5.82 Å². The van der Waals surface area contributed by atoms with Crippen LogP contribution in [0.25, 0.3) is 0 Å². The first-order valence-corrected chi connectivity index (χ1v) is 8.50. The number of pyridine rings is 1. The highest BCUT2D eigenvalue weighted by Crippen LogP contribution is 2.33. The summed E-state index contributed by atoms with van der Waals surface area (Å²) in [6.07, 6.45) is 4.15. The number of ether oxygens (including phenoxy) is 2. The van der Waals surface area contributed by atoms with Gasteiger partial charge in [-0.2, -0.15) is 0 Å². The number of amides is 1. The minimum absolute atomic E-state index is 0.0202. The molecule has 1 N–H and O–H groups in total. The van der Waals surface area contributed by atoms with E-state index in [1.54, 1.807) is 32.6 Å². The van der Waals surface area contributed by atoms with Gasteiger partial charge in [0, 0.05) is 25.8 Å². The van der Waals surface area contributed by atoms with Crippen molar-refractivity contribution in [1.29, 1.82) is 0 Å². The molecule has 6 heteroatoms. The van der Waals surface area contributed by atoms with E-state index in [-0.39, 0.29) is 5.91 Å². The molecule has 0 radical (unpaired) electrons. The van der Waals surface area contributed by atoms with E-state index >= 15 is 0 Å². The number of carbonyl (C=O) groups excluding carboxylic acids is 1. The Labute approximate surface area is 153 Å². The topological polar surface area (TPSA) is 63.7 Å². The van der Waals surface area contributed by atoms with E-state index in [1.807, 2.05) is 23.1 Å². The fourth-order valence-electron chi connectivity index (χ4n) is 3.04. The minimum atomic E-state index is -0.0202. The highest BCUT2D eigenvalue weighted by molar-refractivity contribution is 5.94. The number of methoxy groups -OCH3 is 2. The van der Waals surface area contributed by atoms with Crippen molar-refractivity contribution in [1.82, 2.24) is 9.88 Å². The first-order chi connectivity index (χ1) is 12.7. The van der Waals surface area contributed by atoms with Gasteiger partial charge < -0.3 is 19.7 Å². The fraction of sp³-hybridized carbons (Fsp3) is 0.300. The summed E-state index contributed by atoms with van der Waals surface area (Å²) in [7, 11) is 3.24. The first kappa shape index (κ1) is 17.8. The third-order valence-electron chi connectivity index (χ3n) is 4.44. The van der Waals surface area contributed by atoms with Crippen molar-refractivity contribution in [3.05, 3.63) is 59.8 Å². The van der Waals surface area contributed by atoms with Crippen molar-refractivity contribution < 1.29 is 14.3 Å². The van der Waals surface area contributed by atoms with Crippen LogP contribution in [-0.2, 0) is 13.0 Å². The van der Waals surface area contributed by atoms with Gasteiger partial charge in [0.15, 0.2) is 11.5 Å². The van der Waals surface area contributed by atoms with Crippen LogP contribution >= 0.6 is 0 Å². The van der Waals surface area contributed by atoms with Gasteiger partial charge in [0.05, 0.1) is 19.8 Å². The third-order valence-corrected chi connectivity index (χ3v) is 4.44. The third kappa shape index (κ3) is 3.64. The molecule has 0 spiro atoms. The standard InChI is InChI=1S/C20H23N3O3/c1-4-8-21-19-6-5-15(12-22-19)20(24)23-9-7-14-10-17(25-2)18(26-3)11-16(14)13-23/h4-6,10-12H,1,7-9,13H2,2-3H3,(H,21,22). The predicted molar refractivity (Wildman–Crippen MR) is 101 cm³/mol. The number of aromatic nitrogens is 1. The van der Waals surface area contributed by atoms with Crippen molar-refractivity contribution in [2.24, 2.45) is 0 Å². The molecule has 1 aromatic carbocycles. The molecule has 1 aromatic heterocycles. The van der Waals surface area contributed by atoms with E-state index in [0.717, 1.165) is 23.6 Å². The smallest absolute Gasteiger partial charge is 0.255 e. The number of benzene rings is 1. The maximum absolute atomic E-state index is 12.8. The Balaban J connectivity index is 1.75. The molecule has 0 saturated heterocycles. The molecule has 26 heavy (non-hydrogen) atoms. The van der Waals surface area contributed by atoms with Gasteiger partial charge in [-0.15, -0.1) is 6.58 Å². The van der Waals surface area contributed by atoms with E-state index in [9.17, 15) is 4.79 Å². The molecule has 136 valence electrons. The number of nitrogens with one attached hydrogen (secondary N) is 1. The molecule has 3 rings (SSSR count). The van der Waals surface area contributed by atoms with Crippen molar-refractivity contribution in [3.63, 3.8) is 0 Å². The maximum Gasteiger partial charge on any atom is 0.255 e. The summed E-state index contributed by atoms with van der Waals surface area (Å²) >= 11 is 0. The molecule has 0 aliphatic carbocycles. The summed E-state index contributed by atoms with van der Waals surface area (Å²) in [5.74, 6) is 2.10. The highest BCUT2D eigenvalue weighted by atomic mass is 16.5. The quantitative estimate of drug-likeness (QED) is 0.809. The number of anilines is 1. The van der Waals surface area contributed by atoms with Crippen LogP contribution in [0.1, 0.15) is 21.5 Å². The summed E-state index contributed by atoms with van der Waals surface area (Å²) in [6.45, 7) is 5.50. The summed E-state index contributed by atoms with van der Waals surface area (Å²) in [4.78, 5) is 18.9. The Kier molecular flexibility index (Phi) is 5.41. The summed E-state index contributed by atoms with van der Waals surface area (Å²) < 4.78 is 10.7. The van der Waals surface area contributed by atoms with Crippen LogP contribution < -0.4 is 14.8 Å². The predicted octanol–water partition coefficient (Wildman–Crippen LogP) is 2.90. The molecule has 1 aliphatic heterocycles. The zero-order valence-corrected chi connectivity index (χ0v) is 15.1. The van der Waals surface area contributed by atoms with Crippen molar-refractivity contribution in [2.45, 2.75) is 13.0 Å². The second kappa shape index (κ2) is 7.91. The van der Waals surface area contributed by atoms with Crippen molar-refractivity contribution in [3.8, 4) is 11.5 Å². The Morgan fingerprint density at radius 2 is 2.00 bits per heavy atom. The Bertz CT molecular complexity index is 803. The zero-order chi connectivity index (χ0) is 18.5. The van der Waals surface area contributed by atoms with Crippen LogP contribution in [-0.4, -0.2) is 43.1 Å². The minimum Gasteiger partial charge on any atom is -0.493 e. The van der Waals surface area contributed by atoms with Gasteiger partial charge in [0.2, 0.25) is 0 Å². The monoisotopic (exact) mass is 353 g/mol. The van der Waals surface area contributed by atoms with Gasteiger partial charge in [-0.25, -0.2) is 4.98 Å². The van der Waals surface area contributed by atoms with E-state index in [2.05, 4.69) is 16.9 Å². The van der Waals surface area contributed by atoms with Gasteiger partial charge in [-0.1, -0.05) is 6.08 Å². The molecule has 1 aliphatic rings. The molecular weight excluding hydrogens is 330 g/mol. The van der Waals surface area contributed by atoms with Gasteiger partial charge in [-0.3, -0.25) is 4.79 Å². The largest absolute Gasteiger partial charge is 0.493 e. The lowest BCUT2D eigenvalue weighted by Gasteiger charge is -2.29. The normalized spacial score (nSPS) is 12.9. The molecule has 0 saturated carbocycles. The average molecular weight is 353 g/mol. The highest BCUT2D eigenvalue weighted by Gasteiger charge is 2.23. The van der Waals surface area contributed by atoms with Crippen molar-refractivity contribution in [2.75, 3.05) is 32.6 Å². The number of hydrogen-bond acceptors (Lipinski definition) is 5. The molecule has 1 amide bonds. The number of rotatable bonds is 6. The molecule has 0 bridgehead atoms. The lowest BCUT2D eigenvalue weighted by Crippen LogP contribution is -2.36. The second-order valence-electron chi connectivity index (χ2n) is 6.05. The molecule has 0 fully saturated rings. The number of fused-ring (bicyclic) bond motifs is 1. The molecule has 0 unspecified atom stereocenters. The maximum atomic E-state index is 12.8. The van der Waals surface area contributed by atoms with Gasteiger partial charge in [-0.05, 0) is 41.8 Å². The molecular formula is C20H23N3O3. The van der Waals surface area contributed by atoms with Crippen LogP contribution in [0.15, 0.2) is 43.1 Å². The van der Waals surface area contributed by atoms with E-state index in [1.165, 1.54) is 5.56 Å². The Morgan fingerprint density at radius 1 is 1.27 bits per heavy atom. The van der Waals surface area contributed by atoms with Crippen LogP contribution in [0.5, 0.6) is 11.5 Å².